The number of aldehydes is 1. The average molecular weight is 240 g/mol. The predicted molar refractivity (Wildman–Crippen MR) is 60.8 cm³/mol. The van der Waals surface area contributed by atoms with Gasteiger partial charge in [-0.25, -0.2) is 13.8 Å². The lowest BCUT2D eigenvalue weighted by Gasteiger charge is -2.33. The minimum absolute atomic E-state index is 0.135. The Labute approximate surface area is 98.5 Å². The highest BCUT2D eigenvalue weighted by Gasteiger charge is 2.34. The molecule has 92 valence electrons. The van der Waals surface area contributed by atoms with Crippen LogP contribution in [-0.2, 0) is 0 Å². The van der Waals surface area contributed by atoms with Gasteiger partial charge in [0.05, 0.1) is 0 Å². The molecule has 0 unspecified atom stereocenters. The van der Waals surface area contributed by atoms with Gasteiger partial charge >= 0.3 is 0 Å². The number of rotatable bonds is 2. The molecule has 3 nitrogen and oxygen atoms in total. The zero-order valence-electron chi connectivity index (χ0n) is 9.62. The maximum absolute atomic E-state index is 13.0. The third-order valence-corrected chi connectivity index (χ3v) is 3.00. The Bertz CT molecular complexity index is 425. The van der Waals surface area contributed by atoms with Crippen molar-refractivity contribution in [2.24, 2.45) is 0 Å². The molecule has 0 aliphatic carbocycles. The first kappa shape index (κ1) is 12.0. The highest BCUT2D eigenvalue weighted by molar-refractivity contribution is 5.75. The Morgan fingerprint density at radius 2 is 2.06 bits per heavy atom. The number of aryl methyl sites for hydroxylation is 1. The number of hydrogen-bond acceptors (Lipinski definition) is 3. The van der Waals surface area contributed by atoms with E-state index in [1.165, 1.54) is 6.20 Å². The Balaban J connectivity index is 2.16. The molecule has 0 saturated carbocycles. The third kappa shape index (κ3) is 2.60. The summed E-state index contributed by atoms with van der Waals surface area (Å²) in [7, 11) is 0. The van der Waals surface area contributed by atoms with Crippen molar-refractivity contribution in [3.8, 4) is 0 Å². The minimum Gasteiger partial charge on any atom is -0.356 e. The van der Waals surface area contributed by atoms with E-state index in [1.54, 1.807) is 6.07 Å². The van der Waals surface area contributed by atoms with Crippen LogP contribution in [0.4, 0.5) is 14.6 Å². The summed E-state index contributed by atoms with van der Waals surface area (Å²) < 4.78 is 26.0. The zero-order valence-corrected chi connectivity index (χ0v) is 9.62. The molecule has 0 spiro atoms. The van der Waals surface area contributed by atoms with Crippen molar-refractivity contribution >= 4 is 12.1 Å². The quantitative estimate of drug-likeness (QED) is 0.744. The molecule has 0 radical (unpaired) electrons. The number of carbonyl (C=O) groups excluding carboxylic acids is 1. The summed E-state index contributed by atoms with van der Waals surface area (Å²) in [4.78, 5) is 16.6. The number of pyridine rings is 1. The van der Waals surface area contributed by atoms with E-state index in [4.69, 9.17) is 0 Å². The van der Waals surface area contributed by atoms with Gasteiger partial charge in [-0.2, -0.15) is 0 Å². The molecule has 1 aromatic rings. The van der Waals surface area contributed by atoms with E-state index in [-0.39, 0.29) is 12.8 Å². The second kappa shape index (κ2) is 4.39. The highest BCUT2D eigenvalue weighted by Crippen LogP contribution is 2.30. The van der Waals surface area contributed by atoms with E-state index < -0.39 is 5.92 Å². The average Bonchev–Trinajstić information content (AvgIpc) is 2.29. The van der Waals surface area contributed by atoms with E-state index in [0.29, 0.717) is 24.5 Å². The fraction of sp³-hybridized carbons (Fsp3) is 0.500. The first-order valence-electron chi connectivity index (χ1n) is 5.56. The first-order valence-corrected chi connectivity index (χ1v) is 5.56. The van der Waals surface area contributed by atoms with Crippen LogP contribution in [0.3, 0.4) is 0 Å². The van der Waals surface area contributed by atoms with E-state index in [9.17, 15) is 13.6 Å². The van der Waals surface area contributed by atoms with Crippen molar-refractivity contribution in [3.05, 3.63) is 23.4 Å². The lowest BCUT2D eigenvalue weighted by Crippen LogP contribution is -2.40. The van der Waals surface area contributed by atoms with Crippen molar-refractivity contribution in [2.75, 3.05) is 18.0 Å². The summed E-state index contributed by atoms with van der Waals surface area (Å²) in [5, 5.41) is 0. The number of halogens is 2. The minimum atomic E-state index is -2.55. The van der Waals surface area contributed by atoms with Gasteiger partial charge in [-0.15, -0.1) is 0 Å². The van der Waals surface area contributed by atoms with Gasteiger partial charge in [0.25, 0.3) is 5.92 Å². The van der Waals surface area contributed by atoms with Gasteiger partial charge in [0.1, 0.15) is 5.82 Å². The van der Waals surface area contributed by atoms with Crippen LogP contribution in [0.15, 0.2) is 12.3 Å². The number of nitrogens with zero attached hydrogens (tertiary/aromatic N) is 2. The van der Waals surface area contributed by atoms with Crippen LogP contribution in [0, 0.1) is 6.92 Å². The van der Waals surface area contributed by atoms with Crippen molar-refractivity contribution in [2.45, 2.75) is 25.7 Å². The number of aromatic nitrogens is 1. The van der Waals surface area contributed by atoms with E-state index in [0.717, 1.165) is 11.8 Å². The number of piperidine rings is 1. The molecule has 1 fully saturated rings. The van der Waals surface area contributed by atoms with E-state index in [1.807, 2.05) is 11.8 Å². The molecular formula is C12H14F2N2O. The van der Waals surface area contributed by atoms with Gasteiger partial charge in [-0.05, 0) is 18.6 Å². The van der Waals surface area contributed by atoms with E-state index >= 15 is 0 Å². The fourth-order valence-corrected chi connectivity index (χ4v) is 2.03. The largest absolute Gasteiger partial charge is 0.356 e. The molecule has 2 rings (SSSR count). The van der Waals surface area contributed by atoms with Crippen LogP contribution in [0.5, 0.6) is 0 Å². The third-order valence-electron chi connectivity index (χ3n) is 3.00. The first-order chi connectivity index (χ1) is 8.02. The van der Waals surface area contributed by atoms with Gasteiger partial charge in [0.2, 0.25) is 0 Å². The van der Waals surface area contributed by atoms with Gasteiger partial charge in [0, 0.05) is 37.7 Å². The molecular weight excluding hydrogens is 226 g/mol. The van der Waals surface area contributed by atoms with Crippen LogP contribution < -0.4 is 4.90 Å². The SMILES string of the molecule is Cc1cc(C=O)cnc1N1CCC(F)(F)CC1. The Morgan fingerprint density at radius 3 is 2.59 bits per heavy atom. The molecule has 0 amide bonds. The summed E-state index contributed by atoms with van der Waals surface area (Å²) in [5.74, 6) is -1.85. The van der Waals surface area contributed by atoms with Gasteiger partial charge in [0.15, 0.2) is 6.29 Å². The summed E-state index contributed by atoms with van der Waals surface area (Å²) in [6.07, 6.45) is 1.93. The fourth-order valence-electron chi connectivity index (χ4n) is 2.03. The van der Waals surface area contributed by atoms with E-state index in [2.05, 4.69) is 4.98 Å². The molecule has 1 saturated heterocycles. The Kier molecular flexibility index (Phi) is 3.09. The van der Waals surface area contributed by atoms with Gasteiger partial charge in [-0.3, -0.25) is 4.79 Å². The van der Waals surface area contributed by atoms with Gasteiger partial charge in [-0.1, -0.05) is 0 Å². The monoisotopic (exact) mass is 240 g/mol. The number of hydrogen-bond donors (Lipinski definition) is 0. The molecule has 0 bridgehead atoms. The predicted octanol–water partition coefficient (Wildman–Crippen LogP) is 2.44. The van der Waals surface area contributed by atoms with Crippen LogP contribution in [0.2, 0.25) is 0 Å². The Morgan fingerprint density at radius 1 is 1.41 bits per heavy atom. The van der Waals surface area contributed by atoms with Crippen molar-refractivity contribution in [1.29, 1.82) is 0 Å². The maximum Gasteiger partial charge on any atom is 0.251 e. The van der Waals surface area contributed by atoms with Gasteiger partial charge < -0.3 is 4.90 Å². The van der Waals surface area contributed by atoms with Crippen LogP contribution in [0.1, 0.15) is 28.8 Å². The topological polar surface area (TPSA) is 33.2 Å². The molecule has 1 aliphatic rings. The van der Waals surface area contributed by atoms with Crippen molar-refractivity contribution in [1.82, 2.24) is 4.98 Å². The Hall–Kier alpha value is -1.52. The summed E-state index contributed by atoms with van der Waals surface area (Å²) in [6, 6.07) is 1.72. The summed E-state index contributed by atoms with van der Waals surface area (Å²) in [6.45, 7) is 2.45. The summed E-state index contributed by atoms with van der Waals surface area (Å²) in [5.41, 5.74) is 1.36. The second-order valence-corrected chi connectivity index (χ2v) is 4.37. The lowest BCUT2D eigenvalue weighted by atomic mass is 10.1. The second-order valence-electron chi connectivity index (χ2n) is 4.37. The number of alkyl halides is 2. The maximum atomic E-state index is 13.0. The molecule has 17 heavy (non-hydrogen) atoms. The van der Waals surface area contributed by atoms with Crippen LogP contribution in [-0.4, -0.2) is 30.3 Å². The lowest BCUT2D eigenvalue weighted by molar-refractivity contribution is -0.0221. The number of carbonyl (C=O) groups is 1. The molecule has 2 heterocycles. The van der Waals surface area contributed by atoms with Crippen molar-refractivity contribution < 1.29 is 13.6 Å². The molecule has 0 atom stereocenters. The molecule has 5 heteroatoms. The standard InChI is InChI=1S/C12H14F2N2O/c1-9-6-10(8-17)7-15-11(9)16-4-2-12(13,14)3-5-16/h6-8H,2-5H2,1H3. The molecule has 1 aromatic heterocycles. The number of anilines is 1. The molecule has 0 aromatic carbocycles. The van der Waals surface area contributed by atoms with Crippen LogP contribution in [0.25, 0.3) is 0 Å². The zero-order chi connectivity index (χ0) is 12.5. The molecule has 1 aliphatic heterocycles. The smallest absolute Gasteiger partial charge is 0.251 e. The summed E-state index contributed by atoms with van der Waals surface area (Å²) >= 11 is 0. The normalized spacial score (nSPS) is 19.1. The van der Waals surface area contributed by atoms with Crippen LogP contribution >= 0.6 is 0 Å². The molecule has 0 N–H and O–H groups in total. The van der Waals surface area contributed by atoms with Crippen molar-refractivity contribution in [3.63, 3.8) is 0 Å². The highest BCUT2D eigenvalue weighted by atomic mass is 19.3.